The Labute approximate surface area is 157 Å². The highest BCUT2D eigenvalue weighted by molar-refractivity contribution is 9.10. The molecule has 1 aliphatic rings. The highest BCUT2D eigenvalue weighted by atomic mass is 79.9. The Hall–Kier alpha value is -0.270. The lowest BCUT2D eigenvalue weighted by Crippen LogP contribution is -2.46. The van der Waals surface area contributed by atoms with E-state index in [1.54, 1.807) is 11.8 Å². The van der Waals surface area contributed by atoms with Gasteiger partial charge in [0.15, 0.2) is 0 Å². The number of nitrogens with one attached hydrogen (secondary N) is 2. The summed E-state index contributed by atoms with van der Waals surface area (Å²) in [6.45, 7) is 10.1. The van der Waals surface area contributed by atoms with Gasteiger partial charge in [-0.1, -0.05) is 15.9 Å². The molecule has 1 fully saturated rings. The summed E-state index contributed by atoms with van der Waals surface area (Å²) in [6, 6.07) is 4.25. The zero-order valence-corrected chi connectivity index (χ0v) is 16.9. The number of carbonyl (C=O) groups is 1. The van der Waals surface area contributed by atoms with Crippen molar-refractivity contribution in [3.05, 3.63) is 27.7 Å². The third-order valence-electron chi connectivity index (χ3n) is 3.77. The lowest BCUT2D eigenvalue weighted by atomic mass is 10.2. The fraction of sp³-hybridized carbons (Fsp3) is 0.562. The summed E-state index contributed by atoms with van der Waals surface area (Å²) in [5.74, 6) is 0.587. The number of thioether (sulfide) groups is 1. The second kappa shape index (κ2) is 10.6. The van der Waals surface area contributed by atoms with E-state index in [9.17, 15) is 4.79 Å². The molecule has 1 aliphatic heterocycles. The van der Waals surface area contributed by atoms with Gasteiger partial charge in [-0.2, -0.15) is 0 Å². The van der Waals surface area contributed by atoms with Crippen LogP contribution in [-0.2, 0) is 4.79 Å². The summed E-state index contributed by atoms with van der Waals surface area (Å²) in [5, 5.41) is 6.34. The molecular formula is C16H25BrClN3OS. The molecule has 0 bridgehead atoms. The molecule has 0 spiro atoms. The first-order chi connectivity index (χ1) is 10.6. The molecule has 2 N–H and O–H groups in total. The van der Waals surface area contributed by atoms with Crippen molar-refractivity contribution in [1.29, 1.82) is 0 Å². The van der Waals surface area contributed by atoms with Crippen LogP contribution in [0.3, 0.4) is 0 Å². The fourth-order valence-electron chi connectivity index (χ4n) is 2.39. The normalized spacial score (nSPS) is 15.1. The maximum atomic E-state index is 11.9. The number of halogens is 2. The van der Waals surface area contributed by atoms with Crippen LogP contribution in [0.15, 0.2) is 21.5 Å². The maximum absolute atomic E-state index is 11.9. The molecule has 0 saturated carbocycles. The first kappa shape index (κ1) is 20.8. The van der Waals surface area contributed by atoms with Gasteiger partial charge in [-0.25, -0.2) is 0 Å². The van der Waals surface area contributed by atoms with Crippen molar-refractivity contribution in [2.75, 3.05) is 45.0 Å². The molecule has 0 radical (unpaired) electrons. The van der Waals surface area contributed by atoms with E-state index in [2.05, 4.69) is 57.4 Å². The van der Waals surface area contributed by atoms with Crippen LogP contribution in [0, 0.1) is 13.8 Å². The number of aryl methyl sites for hydroxylation is 2. The maximum Gasteiger partial charge on any atom is 0.230 e. The van der Waals surface area contributed by atoms with E-state index in [4.69, 9.17) is 0 Å². The van der Waals surface area contributed by atoms with Gasteiger partial charge in [-0.3, -0.25) is 9.69 Å². The Balaban J connectivity index is 0.00000264. The van der Waals surface area contributed by atoms with E-state index in [0.717, 1.165) is 43.7 Å². The molecule has 1 heterocycles. The molecule has 0 atom stereocenters. The summed E-state index contributed by atoms with van der Waals surface area (Å²) in [5.41, 5.74) is 2.41. The lowest BCUT2D eigenvalue weighted by Gasteiger charge is -2.27. The molecule has 23 heavy (non-hydrogen) atoms. The van der Waals surface area contributed by atoms with E-state index in [1.807, 2.05) is 0 Å². The Morgan fingerprint density at radius 2 is 2.00 bits per heavy atom. The smallest absolute Gasteiger partial charge is 0.230 e. The minimum absolute atomic E-state index is 0. The van der Waals surface area contributed by atoms with Crippen molar-refractivity contribution < 1.29 is 4.79 Å². The number of hydrogen-bond donors (Lipinski definition) is 2. The molecule has 1 amide bonds. The monoisotopic (exact) mass is 421 g/mol. The van der Waals surface area contributed by atoms with Crippen LogP contribution in [0.1, 0.15) is 11.1 Å². The van der Waals surface area contributed by atoms with Crippen molar-refractivity contribution in [3.8, 4) is 0 Å². The first-order valence-corrected chi connectivity index (χ1v) is 9.43. The van der Waals surface area contributed by atoms with Crippen LogP contribution < -0.4 is 10.6 Å². The molecule has 0 aliphatic carbocycles. The molecule has 0 aromatic heterocycles. The van der Waals surface area contributed by atoms with Gasteiger partial charge in [0.25, 0.3) is 0 Å². The number of rotatable bonds is 6. The van der Waals surface area contributed by atoms with Crippen LogP contribution in [0.5, 0.6) is 0 Å². The summed E-state index contributed by atoms with van der Waals surface area (Å²) >= 11 is 5.14. The van der Waals surface area contributed by atoms with Crippen molar-refractivity contribution in [3.63, 3.8) is 0 Å². The lowest BCUT2D eigenvalue weighted by molar-refractivity contribution is -0.118. The van der Waals surface area contributed by atoms with E-state index in [1.165, 1.54) is 16.0 Å². The minimum atomic E-state index is 0. The molecule has 1 aromatic carbocycles. The van der Waals surface area contributed by atoms with Gasteiger partial charge < -0.3 is 10.6 Å². The largest absolute Gasteiger partial charge is 0.354 e. The van der Waals surface area contributed by atoms with E-state index in [-0.39, 0.29) is 18.3 Å². The highest BCUT2D eigenvalue weighted by Crippen LogP contribution is 2.28. The summed E-state index contributed by atoms with van der Waals surface area (Å²) in [7, 11) is 0. The van der Waals surface area contributed by atoms with Crippen molar-refractivity contribution in [2.45, 2.75) is 18.7 Å². The van der Waals surface area contributed by atoms with Crippen LogP contribution >= 0.6 is 40.1 Å². The van der Waals surface area contributed by atoms with Gasteiger partial charge >= 0.3 is 0 Å². The molecule has 130 valence electrons. The minimum Gasteiger partial charge on any atom is -0.354 e. The molecule has 4 nitrogen and oxygen atoms in total. The number of carbonyl (C=O) groups excluding carboxylic acids is 1. The van der Waals surface area contributed by atoms with Gasteiger partial charge in [0, 0.05) is 48.6 Å². The second-order valence-corrected chi connectivity index (χ2v) is 7.47. The molecule has 1 aromatic rings. The topological polar surface area (TPSA) is 44.4 Å². The first-order valence-electron chi connectivity index (χ1n) is 7.65. The van der Waals surface area contributed by atoms with Gasteiger partial charge in [0.1, 0.15) is 0 Å². The molecule has 2 rings (SSSR count). The van der Waals surface area contributed by atoms with Crippen LogP contribution in [0.2, 0.25) is 0 Å². The third-order valence-corrected chi connectivity index (χ3v) is 5.79. The van der Waals surface area contributed by atoms with Crippen molar-refractivity contribution in [1.82, 2.24) is 15.5 Å². The predicted molar refractivity (Wildman–Crippen MR) is 104 cm³/mol. The average molecular weight is 423 g/mol. The Morgan fingerprint density at radius 3 is 2.70 bits per heavy atom. The van der Waals surface area contributed by atoms with Crippen LogP contribution in [0.4, 0.5) is 0 Å². The Kier molecular flexibility index (Phi) is 9.54. The van der Waals surface area contributed by atoms with E-state index >= 15 is 0 Å². The average Bonchev–Trinajstić information content (AvgIpc) is 2.50. The standard InChI is InChI=1S/C16H24BrN3OS.ClH/c1-12-10-15(13(2)9-14(12)17)22-11-16(21)19-5-8-20-6-3-18-4-7-20;/h9-10,18H,3-8,11H2,1-2H3,(H,19,21);1H. The van der Waals surface area contributed by atoms with Crippen molar-refractivity contribution in [2.24, 2.45) is 0 Å². The number of nitrogens with zero attached hydrogens (tertiary/aromatic N) is 1. The van der Waals surface area contributed by atoms with Crippen LogP contribution in [-0.4, -0.2) is 55.8 Å². The van der Waals surface area contributed by atoms with Gasteiger partial charge in [-0.15, -0.1) is 24.2 Å². The summed E-state index contributed by atoms with van der Waals surface area (Å²) < 4.78 is 1.12. The molecule has 7 heteroatoms. The second-order valence-electron chi connectivity index (χ2n) is 5.60. The van der Waals surface area contributed by atoms with Crippen molar-refractivity contribution >= 4 is 46.0 Å². The summed E-state index contributed by atoms with van der Waals surface area (Å²) in [6.07, 6.45) is 0. The van der Waals surface area contributed by atoms with Gasteiger partial charge in [-0.05, 0) is 37.1 Å². The Morgan fingerprint density at radius 1 is 1.30 bits per heavy atom. The zero-order valence-electron chi connectivity index (χ0n) is 13.7. The van der Waals surface area contributed by atoms with Gasteiger partial charge in [0.2, 0.25) is 5.91 Å². The number of amides is 1. The number of benzene rings is 1. The zero-order chi connectivity index (χ0) is 15.9. The SMILES string of the molecule is Cc1cc(SCC(=O)NCCN2CCNCC2)c(C)cc1Br.Cl. The van der Waals surface area contributed by atoms with E-state index in [0.29, 0.717) is 5.75 Å². The third kappa shape index (κ3) is 7.01. The number of hydrogen-bond acceptors (Lipinski definition) is 4. The Bertz CT molecular complexity index is 524. The molecule has 1 saturated heterocycles. The molecular weight excluding hydrogens is 398 g/mol. The summed E-state index contributed by atoms with van der Waals surface area (Å²) in [4.78, 5) is 15.5. The molecule has 0 unspecified atom stereocenters. The number of piperazine rings is 1. The van der Waals surface area contributed by atoms with E-state index < -0.39 is 0 Å². The van der Waals surface area contributed by atoms with Gasteiger partial charge in [0.05, 0.1) is 5.75 Å². The van der Waals surface area contributed by atoms with Crippen LogP contribution in [0.25, 0.3) is 0 Å². The predicted octanol–water partition coefficient (Wildman–Crippen LogP) is 2.60. The quantitative estimate of drug-likeness (QED) is 0.692. The highest BCUT2D eigenvalue weighted by Gasteiger charge is 2.10. The fourth-order valence-corrected chi connectivity index (χ4v) is 3.79.